The Morgan fingerprint density at radius 2 is 2.22 bits per heavy atom. The van der Waals surface area contributed by atoms with E-state index in [1.54, 1.807) is 25.8 Å². The number of thioether (sulfide) groups is 1. The van der Waals surface area contributed by atoms with E-state index < -0.39 is 0 Å². The van der Waals surface area contributed by atoms with Crippen molar-refractivity contribution >= 4 is 33.8 Å². The van der Waals surface area contributed by atoms with Gasteiger partial charge in [0.15, 0.2) is 5.16 Å². The third kappa shape index (κ3) is 3.02. The van der Waals surface area contributed by atoms with Crippen molar-refractivity contribution in [3.8, 4) is 0 Å². The Balaban J connectivity index is 2.21. The van der Waals surface area contributed by atoms with E-state index in [0.717, 1.165) is 27.5 Å². The number of nitrogens with zero attached hydrogens (tertiary/aromatic N) is 3. The van der Waals surface area contributed by atoms with Gasteiger partial charge in [0.05, 0.1) is 28.7 Å². The molecule has 0 aliphatic carbocycles. The fourth-order valence-corrected chi connectivity index (χ4v) is 3.19. The third-order valence-corrected chi connectivity index (χ3v) is 4.52. The molecule has 0 unspecified atom stereocenters. The van der Waals surface area contributed by atoms with Crippen molar-refractivity contribution in [2.24, 2.45) is 0 Å². The van der Waals surface area contributed by atoms with Gasteiger partial charge in [-0.3, -0.25) is 4.79 Å². The number of fused-ring (bicyclic) bond motifs is 2. The summed E-state index contributed by atoms with van der Waals surface area (Å²) in [7, 11) is 1.68. The average molecular weight is 330 g/mol. The van der Waals surface area contributed by atoms with Gasteiger partial charge in [0.25, 0.3) is 5.56 Å². The second-order valence-corrected chi connectivity index (χ2v) is 6.14. The molecule has 0 saturated heterocycles. The second-order valence-electron chi connectivity index (χ2n) is 5.15. The first kappa shape index (κ1) is 15.8. The molecule has 0 atom stereocenters. The van der Waals surface area contributed by atoms with Gasteiger partial charge < -0.3 is 14.3 Å². The molecule has 0 amide bonds. The van der Waals surface area contributed by atoms with E-state index in [1.807, 2.05) is 18.2 Å². The second kappa shape index (κ2) is 6.55. The molecule has 2 heterocycles. The number of rotatable bonds is 6. The normalized spacial score (nSPS) is 11.4. The van der Waals surface area contributed by atoms with Crippen molar-refractivity contribution in [3.05, 3.63) is 40.8 Å². The Labute approximate surface area is 137 Å². The number of nitrogens with one attached hydrogen (secondary N) is 1. The molecule has 0 aliphatic rings. The topological polar surface area (TPSA) is 72.8 Å². The zero-order valence-electron chi connectivity index (χ0n) is 13.1. The molecule has 0 radical (unpaired) electrons. The van der Waals surface area contributed by atoms with Crippen LogP contribution in [0.15, 0.2) is 34.7 Å². The monoisotopic (exact) mass is 330 g/mol. The highest BCUT2D eigenvalue weighted by Crippen LogP contribution is 2.26. The van der Waals surface area contributed by atoms with Gasteiger partial charge in [-0.1, -0.05) is 17.8 Å². The predicted octanol–water partition coefficient (Wildman–Crippen LogP) is 2.51. The minimum atomic E-state index is -0.170. The number of aromatic amines is 1. The van der Waals surface area contributed by atoms with Crippen LogP contribution in [-0.2, 0) is 11.3 Å². The van der Waals surface area contributed by atoms with Crippen LogP contribution in [-0.4, -0.2) is 39.0 Å². The number of hydrogen-bond acceptors (Lipinski definition) is 5. The number of hydrogen-bond donors (Lipinski definition) is 1. The van der Waals surface area contributed by atoms with Gasteiger partial charge in [0.1, 0.15) is 5.69 Å². The lowest BCUT2D eigenvalue weighted by atomic mass is 10.2. The highest BCUT2D eigenvalue weighted by atomic mass is 32.2. The van der Waals surface area contributed by atoms with Crippen LogP contribution in [0.25, 0.3) is 22.1 Å². The fraction of sp³-hybridized carbons (Fsp3) is 0.312. The number of aromatic nitrogens is 4. The molecular formula is C16H18N4O2S. The van der Waals surface area contributed by atoms with Crippen LogP contribution in [0.1, 0.15) is 5.69 Å². The van der Waals surface area contributed by atoms with E-state index in [4.69, 9.17) is 4.74 Å². The molecule has 0 bridgehead atoms. The summed E-state index contributed by atoms with van der Waals surface area (Å²) in [5, 5.41) is 0.909. The van der Waals surface area contributed by atoms with Gasteiger partial charge in [-0.2, -0.15) is 0 Å². The van der Waals surface area contributed by atoms with Gasteiger partial charge in [-0.15, -0.1) is 6.58 Å². The maximum Gasteiger partial charge on any atom is 0.269 e. The average Bonchev–Trinajstić information content (AvgIpc) is 2.86. The third-order valence-electron chi connectivity index (χ3n) is 3.54. The lowest BCUT2D eigenvalue weighted by Crippen LogP contribution is -2.11. The van der Waals surface area contributed by atoms with Gasteiger partial charge >= 0.3 is 0 Å². The minimum Gasteiger partial charge on any atom is -0.383 e. The van der Waals surface area contributed by atoms with E-state index in [-0.39, 0.29) is 5.56 Å². The van der Waals surface area contributed by atoms with Crippen LogP contribution < -0.4 is 5.56 Å². The van der Waals surface area contributed by atoms with Gasteiger partial charge in [-0.25, -0.2) is 9.97 Å². The van der Waals surface area contributed by atoms with Crippen LogP contribution in [0.5, 0.6) is 0 Å². The van der Waals surface area contributed by atoms with E-state index in [2.05, 4.69) is 26.1 Å². The van der Waals surface area contributed by atoms with Crippen LogP contribution in [0.3, 0.4) is 0 Å². The highest BCUT2D eigenvalue weighted by Gasteiger charge is 2.13. The number of ether oxygens (including phenoxy) is 1. The molecule has 1 aromatic carbocycles. The molecule has 1 N–H and O–H groups in total. The van der Waals surface area contributed by atoms with Gasteiger partial charge in [-0.05, 0) is 19.1 Å². The maximum absolute atomic E-state index is 11.7. The van der Waals surface area contributed by atoms with Crippen molar-refractivity contribution in [2.75, 3.05) is 19.5 Å². The summed E-state index contributed by atoms with van der Waals surface area (Å²) in [4.78, 5) is 23.7. The van der Waals surface area contributed by atoms with E-state index in [0.29, 0.717) is 24.4 Å². The Bertz CT molecular complexity index is 929. The maximum atomic E-state index is 11.7. The Kier molecular flexibility index (Phi) is 4.49. The minimum absolute atomic E-state index is 0.170. The van der Waals surface area contributed by atoms with Crippen LogP contribution in [0.4, 0.5) is 0 Å². The van der Waals surface area contributed by atoms with Crippen molar-refractivity contribution in [3.63, 3.8) is 0 Å². The van der Waals surface area contributed by atoms with Crippen molar-refractivity contribution < 1.29 is 4.74 Å². The summed E-state index contributed by atoms with van der Waals surface area (Å²) in [5.41, 5.74) is 3.57. The van der Waals surface area contributed by atoms with Gasteiger partial charge in [0.2, 0.25) is 0 Å². The summed E-state index contributed by atoms with van der Waals surface area (Å²) < 4.78 is 7.32. The molecule has 120 valence electrons. The molecule has 0 fully saturated rings. The molecule has 2 aromatic heterocycles. The molecule has 7 heteroatoms. The molecule has 0 aliphatic heterocycles. The first-order chi connectivity index (χ1) is 11.1. The smallest absolute Gasteiger partial charge is 0.269 e. The number of aryl methyl sites for hydroxylation is 1. The fourth-order valence-electron chi connectivity index (χ4n) is 2.42. The number of H-pyrrole nitrogens is 1. The van der Waals surface area contributed by atoms with E-state index >= 15 is 0 Å². The number of methoxy groups -OCH3 is 1. The molecule has 23 heavy (non-hydrogen) atoms. The predicted molar refractivity (Wildman–Crippen MR) is 93.2 cm³/mol. The first-order valence-corrected chi connectivity index (χ1v) is 8.26. The lowest BCUT2D eigenvalue weighted by Gasteiger charge is -2.07. The molecule has 6 nitrogen and oxygen atoms in total. The van der Waals surface area contributed by atoms with Crippen LogP contribution in [0, 0.1) is 6.92 Å². The zero-order chi connectivity index (χ0) is 16.4. The molecule has 3 rings (SSSR count). The summed E-state index contributed by atoms with van der Waals surface area (Å²) >= 11 is 1.62. The summed E-state index contributed by atoms with van der Waals surface area (Å²) in [6, 6.07) is 3.84. The SMILES string of the molecule is C=CCSc1nc2cc3[nH]c(=O)c(C)nc3cc2n1CCOC. The Hall–Kier alpha value is -2.12. The molecule has 0 spiro atoms. The Morgan fingerprint density at radius 3 is 2.96 bits per heavy atom. The zero-order valence-corrected chi connectivity index (χ0v) is 13.9. The highest BCUT2D eigenvalue weighted by molar-refractivity contribution is 7.99. The number of benzene rings is 1. The van der Waals surface area contributed by atoms with Crippen LogP contribution >= 0.6 is 11.8 Å². The Morgan fingerprint density at radius 1 is 1.39 bits per heavy atom. The van der Waals surface area contributed by atoms with Crippen molar-refractivity contribution in [2.45, 2.75) is 18.6 Å². The largest absolute Gasteiger partial charge is 0.383 e. The molecule has 0 saturated carbocycles. The lowest BCUT2D eigenvalue weighted by molar-refractivity contribution is 0.186. The summed E-state index contributed by atoms with van der Waals surface area (Å²) in [6.45, 7) is 6.77. The summed E-state index contributed by atoms with van der Waals surface area (Å²) in [6.07, 6.45) is 1.85. The standard InChI is InChI=1S/C16H18N4O2S/c1-4-7-23-16-19-13-8-11-12(17-10(2)15(21)18-11)9-14(13)20(16)5-6-22-3/h4,8-9H,1,5-7H2,2-3H3,(H,18,21). The van der Waals surface area contributed by atoms with Crippen LogP contribution in [0.2, 0.25) is 0 Å². The molecule has 3 aromatic rings. The van der Waals surface area contributed by atoms with Crippen molar-refractivity contribution in [1.82, 2.24) is 19.5 Å². The first-order valence-electron chi connectivity index (χ1n) is 7.27. The number of imidazole rings is 1. The van der Waals surface area contributed by atoms with E-state index in [1.165, 1.54) is 0 Å². The quantitative estimate of drug-likeness (QED) is 0.555. The van der Waals surface area contributed by atoms with Crippen molar-refractivity contribution in [1.29, 1.82) is 0 Å². The summed E-state index contributed by atoms with van der Waals surface area (Å²) in [5.74, 6) is 0.782. The molecular weight excluding hydrogens is 312 g/mol. The van der Waals surface area contributed by atoms with Gasteiger partial charge in [0, 0.05) is 19.4 Å². The van der Waals surface area contributed by atoms with E-state index in [9.17, 15) is 4.79 Å².